The van der Waals surface area contributed by atoms with Crippen LogP contribution in [0.5, 0.6) is 0 Å². The molecule has 0 spiro atoms. The van der Waals surface area contributed by atoms with Crippen molar-refractivity contribution < 1.29 is 13.7 Å². The molecule has 7 rings (SSSR count). The van der Waals surface area contributed by atoms with E-state index in [-0.39, 0.29) is 5.41 Å². The van der Waals surface area contributed by atoms with Crippen LogP contribution in [-0.4, -0.2) is 73.2 Å². The fraction of sp³-hybridized carbons (Fsp3) is 0.227. The zero-order valence-corrected chi connectivity index (χ0v) is 34.9. The molecule has 3 nitrogen and oxygen atoms in total. The number of fused-ring (bicyclic) bond motifs is 4. The lowest BCUT2D eigenvalue weighted by Gasteiger charge is -2.37. The lowest BCUT2D eigenvalue weighted by Crippen LogP contribution is -2.41. The van der Waals surface area contributed by atoms with Crippen LogP contribution in [0.3, 0.4) is 0 Å². The van der Waals surface area contributed by atoms with E-state index in [1.807, 2.05) is 0 Å². The molecule has 5 aromatic rings. The van der Waals surface area contributed by atoms with Crippen molar-refractivity contribution in [2.24, 2.45) is 0 Å². The Balaban J connectivity index is 1.42. The molecule has 0 saturated carbocycles. The predicted octanol–water partition coefficient (Wildman–Crippen LogP) is 3.13. The van der Waals surface area contributed by atoms with Gasteiger partial charge in [-0.2, -0.15) is 0 Å². The number of rotatable bonds is 7. The van der Waals surface area contributed by atoms with Crippen molar-refractivity contribution in [2.75, 3.05) is 0 Å². The van der Waals surface area contributed by atoms with Gasteiger partial charge in [0.1, 0.15) is 66.1 Å². The third kappa shape index (κ3) is 6.21. The second kappa shape index (κ2) is 14.3. The summed E-state index contributed by atoms with van der Waals surface area (Å²) in [7, 11) is 15.1. The highest BCUT2D eigenvalue weighted by Crippen LogP contribution is 2.56. The fourth-order valence-corrected chi connectivity index (χ4v) is 8.87. The van der Waals surface area contributed by atoms with Crippen LogP contribution < -0.4 is 5.46 Å². The Morgan fingerprint density at radius 3 is 1.95 bits per heavy atom. The Kier molecular flexibility index (Phi) is 10.1. The van der Waals surface area contributed by atoms with Gasteiger partial charge in [0.05, 0.1) is 11.2 Å². The lowest BCUT2D eigenvalue weighted by molar-refractivity contribution is 0.00578. The van der Waals surface area contributed by atoms with E-state index in [2.05, 4.69) is 180 Å². The summed E-state index contributed by atoms with van der Waals surface area (Å²) in [6.07, 6.45) is 7.76. The second-order valence-corrected chi connectivity index (χ2v) is 16.9. The first-order valence-corrected chi connectivity index (χ1v) is 19.8. The second-order valence-electron chi connectivity index (χ2n) is 16.9. The Morgan fingerprint density at radius 1 is 0.727 bits per heavy atom. The van der Waals surface area contributed by atoms with Crippen LogP contribution in [0.15, 0.2) is 128 Å². The van der Waals surface area contributed by atoms with E-state index in [9.17, 15) is 0 Å². The van der Waals surface area contributed by atoms with Crippen molar-refractivity contribution in [3.05, 3.63) is 140 Å². The third-order valence-electron chi connectivity index (χ3n) is 13.3. The summed E-state index contributed by atoms with van der Waals surface area (Å²) in [5.41, 5.74) is 17.8. The van der Waals surface area contributed by atoms with Gasteiger partial charge in [-0.25, -0.2) is 0 Å². The van der Waals surface area contributed by atoms with E-state index in [0.717, 1.165) is 56.7 Å². The molecule has 1 fully saturated rings. The summed E-state index contributed by atoms with van der Waals surface area (Å²) in [5, 5.41) is 2.14. The number of hydrogen-bond donors (Lipinski definition) is 0. The number of hydrogen-bond acceptors (Lipinski definition) is 3. The molecule has 1 atom stereocenters. The zero-order valence-electron chi connectivity index (χ0n) is 34.9. The highest BCUT2D eigenvalue weighted by molar-refractivity contribution is 6.65. The summed E-state index contributed by atoms with van der Waals surface area (Å²) >= 11 is 0. The Bertz CT molecular complexity index is 2530. The van der Waals surface area contributed by atoms with Crippen molar-refractivity contribution in [1.29, 1.82) is 0 Å². The van der Waals surface area contributed by atoms with Gasteiger partial charge in [-0.1, -0.05) is 126 Å². The fourth-order valence-electron chi connectivity index (χ4n) is 8.87. The van der Waals surface area contributed by atoms with Gasteiger partial charge < -0.3 is 13.7 Å². The molecule has 4 aromatic carbocycles. The van der Waals surface area contributed by atoms with Crippen LogP contribution in [-0.2, 0) is 14.7 Å². The van der Waals surface area contributed by atoms with E-state index in [1.54, 1.807) is 0 Å². The molecule has 0 amide bonds. The average Bonchev–Trinajstić information content (AvgIpc) is 3.80. The maximum atomic E-state index is 6.84. The topological polar surface area (TPSA) is 31.6 Å². The Labute approximate surface area is 334 Å². The molecule has 0 radical (unpaired) electrons. The molecular weight excluding hydrogens is 663 g/mol. The van der Waals surface area contributed by atoms with Crippen molar-refractivity contribution in [2.45, 2.75) is 64.0 Å². The Hall–Kier alpha value is -4.36. The Morgan fingerprint density at radius 2 is 1.33 bits per heavy atom. The standard InChI is InChI=1S/C44H48B8O3/c1-7-34(47)39(51)38(50)33(23-45)44(22-31(37(49)36(48)24(2)46)28-12-8-9-16-32(28)44)26-20-18-25(19-21-26)27-13-10-14-29-30-15-11-17-35(41(30)53-40(27)29)52-54-42(3,4)43(5,6)55-52/h1,8-21H,22-23,45-51H2,2-6H3/b36-24-,37-31-,38-33-,39-34-. The monoisotopic (exact) mass is 712 g/mol. The molecular formula is C44H48B8O3. The van der Waals surface area contributed by atoms with E-state index in [0.29, 0.717) is 0 Å². The molecule has 0 bridgehead atoms. The summed E-state index contributed by atoms with van der Waals surface area (Å²) in [6.45, 7) is 10.6. The molecule has 0 N–H and O–H groups in total. The van der Waals surface area contributed by atoms with Gasteiger partial charge in [-0.15, -0.1) is 17.4 Å². The number of allylic oxidation sites excluding steroid dienone is 8. The quantitative estimate of drug-likeness (QED) is 0.148. The van der Waals surface area contributed by atoms with Crippen LogP contribution in [0.4, 0.5) is 0 Å². The smallest absolute Gasteiger partial charge is 0.456 e. The van der Waals surface area contributed by atoms with Gasteiger partial charge in [-0.3, -0.25) is 0 Å². The van der Waals surface area contributed by atoms with Crippen LogP contribution in [0.25, 0.3) is 38.6 Å². The highest BCUT2D eigenvalue weighted by Gasteiger charge is 2.52. The van der Waals surface area contributed by atoms with Crippen molar-refractivity contribution in [3.63, 3.8) is 0 Å². The van der Waals surface area contributed by atoms with Gasteiger partial charge in [0.2, 0.25) is 0 Å². The molecule has 266 valence electrons. The van der Waals surface area contributed by atoms with Gasteiger partial charge in [0, 0.05) is 27.2 Å². The zero-order chi connectivity index (χ0) is 39.6. The van der Waals surface area contributed by atoms with Gasteiger partial charge in [-0.05, 0) is 67.4 Å². The molecule has 1 unspecified atom stereocenters. The van der Waals surface area contributed by atoms with E-state index in [1.165, 1.54) is 55.2 Å². The van der Waals surface area contributed by atoms with Crippen molar-refractivity contribution >= 4 is 95.0 Å². The minimum absolute atomic E-state index is 0.369. The largest absolute Gasteiger partial charge is 0.498 e. The average molecular weight is 711 g/mol. The first kappa shape index (κ1) is 38.9. The van der Waals surface area contributed by atoms with E-state index >= 15 is 0 Å². The highest BCUT2D eigenvalue weighted by atomic mass is 16.7. The number of benzene rings is 4. The predicted molar refractivity (Wildman–Crippen MR) is 254 cm³/mol. The van der Waals surface area contributed by atoms with Crippen molar-refractivity contribution in [3.8, 4) is 23.5 Å². The molecule has 1 aromatic heterocycles. The van der Waals surface area contributed by atoms with Crippen LogP contribution in [0.2, 0.25) is 6.32 Å². The molecule has 1 aliphatic carbocycles. The number of furan rings is 1. The van der Waals surface area contributed by atoms with E-state index < -0.39 is 18.3 Å². The van der Waals surface area contributed by atoms with Gasteiger partial charge in [0.25, 0.3) is 0 Å². The normalized spacial score (nSPS) is 21.1. The number of terminal acetylenes is 1. The summed E-state index contributed by atoms with van der Waals surface area (Å²) in [6, 6.07) is 31.0. The van der Waals surface area contributed by atoms with Crippen LogP contribution in [0.1, 0.15) is 57.7 Å². The first-order valence-electron chi connectivity index (χ1n) is 19.8. The lowest BCUT2D eigenvalue weighted by atomic mass is 9.58. The van der Waals surface area contributed by atoms with Crippen LogP contribution >= 0.6 is 0 Å². The van der Waals surface area contributed by atoms with Gasteiger partial charge >= 0.3 is 7.12 Å². The molecule has 1 aliphatic heterocycles. The summed E-state index contributed by atoms with van der Waals surface area (Å²) in [4.78, 5) is 0. The van der Waals surface area contributed by atoms with Gasteiger partial charge in [0.15, 0.2) is 0 Å². The summed E-state index contributed by atoms with van der Waals surface area (Å²) in [5.74, 6) is 2.92. The molecule has 55 heavy (non-hydrogen) atoms. The minimum Gasteiger partial charge on any atom is -0.456 e. The SMILES string of the molecule is BC/C(=C(B)\C(B)=C(\B)C#C)C1(c2ccc(-c3cccc4c3oc3c(B5OC(C)(C)C(C)(C)O5)cccc34)cc2)C/C(=C(B)\C(B)=C(\B)C)c2ccccc21. The molecule has 2 aliphatic rings. The van der Waals surface area contributed by atoms with E-state index in [4.69, 9.17) is 20.1 Å². The molecule has 2 heterocycles. The maximum absolute atomic E-state index is 6.84. The van der Waals surface area contributed by atoms with Crippen LogP contribution in [0, 0.1) is 12.3 Å². The molecule has 11 heteroatoms. The minimum atomic E-state index is -0.516. The number of para-hydroxylation sites is 2. The van der Waals surface area contributed by atoms with Crippen molar-refractivity contribution in [1.82, 2.24) is 0 Å². The third-order valence-corrected chi connectivity index (χ3v) is 13.3. The molecule has 1 saturated heterocycles. The maximum Gasteiger partial charge on any atom is 0.498 e. The first-order chi connectivity index (χ1) is 26.1. The summed E-state index contributed by atoms with van der Waals surface area (Å²) < 4.78 is 19.8.